The molecular formula is C14H18FNO3. The maximum atomic E-state index is 12.9. The van der Waals surface area contributed by atoms with Gasteiger partial charge in [-0.05, 0) is 37.1 Å². The summed E-state index contributed by atoms with van der Waals surface area (Å²) in [6, 6.07) is 5.26. The predicted octanol–water partition coefficient (Wildman–Crippen LogP) is 2.68. The molecule has 0 saturated heterocycles. The molecule has 0 unspecified atom stereocenters. The third-order valence-electron chi connectivity index (χ3n) is 3.03. The first-order valence-electron chi connectivity index (χ1n) is 6.28. The normalized spacial score (nSPS) is 10.5. The number of nitrogens with zero attached hydrogens (tertiary/aromatic N) is 1. The molecule has 1 aromatic carbocycles. The Balaban J connectivity index is 3.03. The van der Waals surface area contributed by atoms with Gasteiger partial charge in [-0.2, -0.15) is 0 Å². The van der Waals surface area contributed by atoms with Crippen LogP contribution in [0.3, 0.4) is 0 Å². The number of carbonyl (C=O) groups is 2. The average molecular weight is 267 g/mol. The van der Waals surface area contributed by atoms with Crippen LogP contribution in [0.1, 0.15) is 26.7 Å². The Morgan fingerprint density at radius 2 is 1.74 bits per heavy atom. The molecule has 4 nitrogen and oxygen atoms in total. The van der Waals surface area contributed by atoms with E-state index in [9.17, 15) is 14.0 Å². The molecule has 0 spiro atoms. The molecule has 5 heteroatoms. The van der Waals surface area contributed by atoms with E-state index in [1.807, 2.05) is 13.8 Å². The number of rotatable bonds is 6. The molecule has 19 heavy (non-hydrogen) atoms. The first-order chi connectivity index (χ1) is 8.99. The zero-order valence-electron chi connectivity index (χ0n) is 11.1. The van der Waals surface area contributed by atoms with Crippen LogP contribution in [0.4, 0.5) is 10.1 Å². The smallest absolute Gasteiger partial charge is 0.323 e. The molecule has 1 N–H and O–H groups in total. The van der Waals surface area contributed by atoms with E-state index in [2.05, 4.69) is 0 Å². The van der Waals surface area contributed by atoms with Crippen LogP contribution in [0.2, 0.25) is 0 Å². The molecule has 1 amide bonds. The van der Waals surface area contributed by atoms with Crippen LogP contribution in [-0.4, -0.2) is 23.5 Å². The third-order valence-corrected chi connectivity index (χ3v) is 3.03. The van der Waals surface area contributed by atoms with E-state index in [-0.39, 0.29) is 11.8 Å². The fraction of sp³-hybridized carbons (Fsp3) is 0.429. The van der Waals surface area contributed by atoms with Crippen molar-refractivity contribution in [3.05, 3.63) is 30.1 Å². The zero-order valence-corrected chi connectivity index (χ0v) is 11.1. The van der Waals surface area contributed by atoms with Crippen molar-refractivity contribution in [3.63, 3.8) is 0 Å². The van der Waals surface area contributed by atoms with Crippen LogP contribution < -0.4 is 4.90 Å². The number of aliphatic carboxylic acids is 1. The molecule has 0 bridgehead atoms. The molecule has 1 aromatic rings. The van der Waals surface area contributed by atoms with E-state index < -0.39 is 18.3 Å². The van der Waals surface area contributed by atoms with Crippen molar-refractivity contribution in [1.82, 2.24) is 0 Å². The molecule has 0 atom stereocenters. The molecule has 104 valence electrons. The average Bonchev–Trinajstić information content (AvgIpc) is 2.38. The second kappa shape index (κ2) is 6.87. The van der Waals surface area contributed by atoms with Crippen LogP contribution in [0, 0.1) is 11.7 Å². The van der Waals surface area contributed by atoms with Crippen molar-refractivity contribution >= 4 is 17.6 Å². The van der Waals surface area contributed by atoms with Crippen LogP contribution in [0.15, 0.2) is 24.3 Å². The Morgan fingerprint density at radius 1 is 1.21 bits per heavy atom. The molecule has 0 aliphatic rings. The summed E-state index contributed by atoms with van der Waals surface area (Å²) in [7, 11) is 0. The highest BCUT2D eigenvalue weighted by molar-refractivity contribution is 5.98. The number of carboxylic acid groups (broad SMARTS) is 1. The van der Waals surface area contributed by atoms with Gasteiger partial charge < -0.3 is 10.0 Å². The van der Waals surface area contributed by atoms with Gasteiger partial charge in [0.1, 0.15) is 12.4 Å². The topological polar surface area (TPSA) is 57.6 Å². The van der Waals surface area contributed by atoms with E-state index in [4.69, 9.17) is 5.11 Å². The summed E-state index contributed by atoms with van der Waals surface area (Å²) in [5, 5.41) is 8.91. The molecule has 1 rings (SSSR count). The number of benzene rings is 1. The summed E-state index contributed by atoms with van der Waals surface area (Å²) < 4.78 is 12.9. The first kappa shape index (κ1) is 15.1. The van der Waals surface area contributed by atoms with E-state index in [0.29, 0.717) is 18.5 Å². The predicted molar refractivity (Wildman–Crippen MR) is 70.5 cm³/mol. The number of hydrogen-bond donors (Lipinski definition) is 1. The van der Waals surface area contributed by atoms with Gasteiger partial charge in [-0.15, -0.1) is 0 Å². The summed E-state index contributed by atoms with van der Waals surface area (Å²) in [4.78, 5) is 24.4. The van der Waals surface area contributed by atoms with Crippen molar-refractivity contribution in [3.8, 4) is 0 Å². The molecular weight excluding hydrogens is 249 g/mol. The largest absolute Gasteiger partial charge is 0.480 e. The van der Waals surface area contributed by atoms with E-state index in [1.165, 1.54) is 29.2 Å². The SMILES string of the molecule is CCC(CC)C(=O)N(CC(=O)O)c1ccc(F)cc1. The van der Waals surface area contributed by atoms with Crippen LogP contribution in [-0.2, 0) is 9.59 Å². The lowest BCUT2D eigenvalue weighted by atomic mass is 10.0. The monoisotopic (exact) mass is 267 g/mol. The molecule has 0 aliphatic carbocycles. The number of amides is 1. The third kappa shape index (κ3) is 4.05. The Morgan fingerprint density at radius 3 is 2.16 bits per heavy atom. The Bertz CT molecular complexity index is 441. The van der Waals surface area contributed by atoms with E-state index >= 15 is 0 Å². The first-order valence-corrected chi connectivity index (χ1v) is 6.28. The number of carboxylic acids is 1. The van der Waals surface area contributed by atoms with Crippen molar-refractivity contribution in [1.29, 1.82) is 0 Å². The molecule has 0 aliphatic heterocycles. The van der Waals surface area contributed by atoms with E-state index in [0.717, 1.165) is 0 Å². The minimum atomic E-state index is -1.09. The molecule has 0 aromatic heterocycles. The molecule has 0 saturated carbocycles. The van der Waals surface area contributed by atoms with Crippen LogP contribution in [0.25, 0.3) is 0 Å². The fourth-order valence-electron chi connectivity index (χ4n) is 1.91. The second-order valence-corrected chi connectivity index (χ2v) is 4.31. The van der Waals surface area contributed by atoms with Gasteiger partial charge in [0.2, 0.25) is 5.91 Å². The zero-order chi connectivity index (χ0) is 14.4. The van der Waals surface area contributed by atoms with Gasteiger partial charge in [0, 0.05) is 11.6 Å². The van der Waals surface area contributed by atoms with Crippen LogP contribution >= 0.6 is 0 Å². The molecule has 0 radical (unpaired) electrons. The van der Waals surface area contributed by atoms with Crippen molar-refractivity contribution in [2.45, 2.75) is 26.7 Å². The summed E-state index contributed by atoms with van der Waals surface area (Å²) in [5.41, 5.74) is 0.403. The maximum absolute atomic E-state index is 12.9. The molecule has 0 fully saturated rings. The van der Waals surface area contributed by atoms with Gasteiger partial charge in [0.25, 0.3) is 0 Å². The number of carbonyl (C=O) groups excluding carboxylic acids is 1. The quantitative estimate of drug-likeness (QED) is 0.862. The second-order valence-electron chi connectivity index (χ2n) is 4.31. The lowest BCUT2D eigenvalue weighted by molar-refractivity contribution is -0.137. The lowest BCUT2D eigenvalue weighted by Gasteiger charge is -2.25. The van der Waals surface area contributed by atoms with Gasteiger partial charge in [-0.25, -0.2) is 4.39 Å². The Labute approximate surface area is 111 Å². The van der Waals surface area contributed by atoms with Gasteiger partial charge in [-0.3, -0.25) is 9.59 Å². The van der Waals surface area contributed by atoms with Crippen molar-refractivity contribution < 1.29 is 19.1 Å². The van der Waals surface area contributed by atoms with Crippen LogP contribution in [0.5, 0.6) is 0 Å². The summed E-state index contributed by atoms with van der Waals surface area (Å²) in [6.07, 6.45) is 1.29. The lowest BCUT2D eigenvalue weighted by Crippen LogP contribution is -2.39. The van der Waals surface area contributed by atoms with Gasteiger partial charge in [0.05, 0.1) is 0 Å². The fourth-order valence-corrected chi connectivity index (χ4v) is 1.91. The maximum Gasteiger partial charge on any atom is 0.323 e. The van der Waals surface area contributed by atoms with Gasteiger partial charge in [0.15, 0.2) is 0 Å². The number of hydrogen-bond acceptors (Lipinski definition) is 2. The van der Waals surface area contributed by atoms with Gasteiger partial charge in [-0.1, -0.05) is 13.8 Å². The summed E-state index contributed by atoms with van der Waals surface area (Å²) in [5.74, 6) is -1.97. The number of anilines is 1. The minimum Gasteiger partial charge on any atom is -0.480 e. The Kier molecular flexibility index (Phi) is 5.48. The highest BCUT2D eigenvalue weighted by Crippen LogP contribution is 2.20. The van der Waals surface area contributed by atoms with Crippen molar-refractivity contribution in [2.24, 2.45) is 5.92 Å². The Hall–Kier alpha value is -1.91. The summed E-state index contributed by atoms with van der Waals surface area (Å²) in [6.45, 7) is 3.35. The minimum absolute atomic E-state index is 0.218. The van der Waals surface area contributed by atoms with Gasteiger partial charge >= 0.3 is 5.97 Å². The summed E-state index contributed by atoms with van der Waals surface area (Å²) >= 11 is 0. The van der Waals surface area contributed by atoms with Crippen molar-refractivity contribution in [2.75, 3.05) is 11.4 Å². The number of halogens is 1. The molecule has 0 heterocycles. The highest BCUT2D eigenvalue weighted by atomic mass is 19.1. The van der Waals surface area contributed by atoms with E-state index in [1.54, 1.807) is 0 Å². The standard InChI is InChI=1S/C14H18FNO3/c1-3-10(4-2)14(19)16(9-13(17)18)12-7-5-11(15)6-8-12/h5-8,10H,3-4,9H2,1-2H3,(H,17,18). The highest BCUT2D eigenvalue weighted by Gasteiger charge is 2.24.